The lowest BCUT2D eigenvalue weighted by Gasteiger charge is -2.27. The second-order valence-corrected chi connectivity index (χ2v) is 10.7. The van der Waals surface area contributed by atoms with E-state index in [9.17, 15) is 14.4 Å². The highest BCUT2D eigenvalue weighted by Gasteiger charge is 2.44. The van der Waals surface area contributed by atoms with Crippen LogP contribution in [0.25, 0.3) is 0 Å². The van der Waals surface area contributed by atoms with Crippen LogP contribution in [-0.4, -0.2) is 31.1 Å². The molecule has 0 spiro atoms. The van der Waals surface area contributed by atoms with Crippen LogP contribution < -0.4 is 5.32 Å². The molecule has 1 atom stereocenters. The summed E-state index contributed by atoms with van der Waals surface area (Å²) in [6.45, 7) is 3.80. The Hall–Kier alpha value is -2.38. The molecule has 0 radical (unpaired) electrons. The minimum absolute atomic E-state index is 0.262. The van der Waals surface area contributed by atoms with Gasteiger partial charge in [0, 0.05) is 9.90 Å². The number of amides is 1. The highest BCUT2D eigenvalue weighted by Crippen LogP contribution is 2.43. The molecule has 2 aliphatic carbocycles. The summed E-state index contributed by atoms with van der Waals surface area (Å²) in [6, 6.07) is 7.26. The van der Waals surface area contributed by atoms with Crippen LogP contribution >= 0.6 is 22.9 Å². The normalized spacial score (nSPS) is 18.7. The molecule has 1 N–H and O–H groups in total. The summed E-state index contributed by atoms with van der Waals surface area (Å²) >= 11 is 7.44. The summed E-state index contributed by atoms with van der Waals surface area (Å²) in [5.41, 5.74) is 1.53. The average molecular weight is 504 g/mol. The number of carbonyl (C=O) groups is 3. The molecule has 1 saturated carbocycles. The van der Waals surface area contributed by atoms with Gasteiger partial charge in [0.25, 0.3) is 5.91 Å². The summed E-state index contributed by atoms with van der Waals surface area (Å²) in [5.74, 6) is -0.752. The molecule has 2 aromatic rings. The molecule has 1 aromatic heterocycles. The van der Waals surface area contributed by atoms with Gasteiger partial charge < -0.3 is 14.8 Å². The maximum absolute atomic E-state index is 13.2. The predicted octanol–water partition coefficient (Wildman–Crippen LogP) is 5.70. The van der Waals surface area contributed by atoms with Gasteiger partial charge in [0.1, 0.15) is 5.00 Å². The van der Waals surface area contributed by atoms with Gasteiger partial charge in [0.15, 0.2) is 6.61 Å². The number of rotatable bonds is 7. The molecule has 6 nitrogen and oxygen atoms in total. The van der Waals surface area contributed by atoms with Gasteiger partial charge in [-0.15, -0.1) is 11.3 Å². The smallest absolute Gasteiger partial charge is 0.341 e. The molecular formula is C26H30ClNO5S. The van der Waals surface area contributed by atoms with E-state index in [0.29, 0.717) is 34.3 Å². The lowest BCUT2D eigenvalue weighted by atomic mass is 9.79. The van der Waals surface area contributed by atoms with Crippen molar-refractivity contribution >= 4 is 45.8 Å². The number of nitrogens with one attached hydrogen (secondary N) is 1. The number of halogens is 1. The highest BCUT2D eigenvalue weighted by molar-refractivity contribution is 7.17. The van der Waals surface area contributed by atoms with Crippen LogP contribution in [0.3, 0.4) is 0 Å². The third kappa shape index (κ3) is 5.01. The lowest BCUT2D eigenvalue weighted by Crippen LogP contribution is -2.36. The van der Waals surface area contributed by atoms with E-state index >= 15 is 0 Å². The van der Waals surface area contributed by atoms with Gasteiger partial charge >= 0.3 is 11.9 Å². The second kappa shape index (κ2) is 10.5. The summed E-state index contributed by atoms with van der Waals surface area (Å²) < 4.78 is 10.8. The zero-order chi connectivity index (χ0) is 24.3. The van der Waals surface area contributed by atoms with Gasteiger partial charge in [0.2, 0.25) is 0 Å². The number of ether oxygens (including phenoxy) is 2. The van der Waals surface area contributed by atoms with Crippen LogP contribution in [0.2, 0.25) is 5.02 Å². The number of hydrogen-bond donors (Lipinski definition) is 1. The van der Waals surface area contributed by atoms with Crippen LogP contribution in [0.1, 0.15) is 72.3 Å². The number of anilines is 1. The fourth-order valence-electron chi connectivity index (χ4n) is 5.05. The fourth-order valence-corrected chi connectivity index (χ4v) is 6.59. The molecule has 1 heterocycles. The monoisotopic (exact) mass is 503 g/mol. The molecule has 8 heteroatoms. The molecule has 0 aliphatic heterocycles. The Morgan fingerprint density at radius 1 is 1.15 bits per heavy atom. The number of hydrogen-bond acceptors (Lipinski definition) is 6. The number of carbonyl (C=O) groups excluding carboxylic acids is 3. The van der Waals surface area contributed by atoms with E-state index < -0.39 is 29.9 Å². The molecule has 1 aromatic carbocycles. The maximum atomic E-state index is 13.2. The van der Waals surface area contributed by atoms with Crippen molar-refractivity contribution in [2.45, 2.75) is 64.2 Å². The molecule has 34 heavy (non-hydrogen) atoms. The van der Waals surface area contributed by atoms with Gasteiger partial charge in [0.05, 0.1) is 17.6 Å². The van der Waals surface area contributed by atoms with Crippen molar-refractivity contribution in [3.8, 4) is 0 Å². The molecule has 0 saturated heterocycles. The minimum atomic E-state index is -0.751. The van der Waals surface area contributed by atoms with Crippen LogP contribution in [0.15, 0.2) is 24.3 Å². The van der Waals surface area contributed by atoms with Gasteiger partial charge in [-0.25, -0.2) is 4.79 Å². The van der Waals surface area contributed by atoms with Crippen molar-refractivity contribution in [3.05, 3.63) is 50.9 Å². The Morgan fingerprint density at radius 2 is 1.85 bits per heavy atom. The van der Waals surface area contributed by atoms with Gasteiger partial charge in [-0.05, 0) is 68.2 Å². The first-order chi connectivity index (χ1) is 16.3. The van der Waals surface area contributed by atoms with Crippen LogP contribution in [0.5, 0.6) is 0 Å². The van der Waals surface area contributed by atoms with Gasteiger partial charge in [-0.3, -0.25) is 9.59 Å². The third-order valence-electron chi connectivity index (χ3n) is 6.82. The van der Waals surface area contributed by atoms with Crippen molar-refractivity contribution in [3.63, 3.8) is 0 Å². The van der Waals surface area contributed by atoms with E-state index in [2.05, 4.69) is 12.2 Å². The zero-order valence-corrected chi connectivity index (χ0v) is 21.2. The van der Waals surface area contributed by atoms with Gasteiger partial charge in [-0.1, -0.05) is 43.5 Å². The SMILES string of the molecule is CCOC(=O)c1c(NC(=O)COC(=O)C2(c3ccc(Cl)cc3)CCCC2)sc2c1CC[C@H](C)C2. The van der Waals surface area contributed by atoms with Crippen molar-refractivity contribution < 1.29 is 23.9 Å². The average Bonchev–Trinajstić information content (AvgIpc) is 3.43. The Balaban J connectivity index is 1.47. The first-order valence-corrected chi connectivity index (χ1v) is 13.1. The number of fused-ring (bicyclic) bond motifs is 1. The first-order valence-electron chi connectivity index (χ1n) is 11.9. The lowest BCUT2D eigenvalue weighted by molar-refractivity contribution is -0.153. The van der Waals surface area contributed by atoms with E-state index in [-0.39, 0.29) is 6.61 Å². The molecule has 4 rings (SSSR count). The standard InChI is InChI=1S/C26H30ClNO5S/c1-3-32-24(30)22-19-11-6-16(2)14-20(19)34-23(22)28-21(29)15-33-25(31)26(12-4-5-13-26)17-7-9-18(27)10-8-17/h7-10,16H,3-6,11-15H2,1-2H3,(H,28,29)/t16-/m0/s1. The number of thiophene rings is 1. The Labute approximate surface area is 209 Å². The first kappa shape index (κ1) is 24.7. The molecule has 1 amide bonds. The predicted molar refractivity (Wildman–Crippen MR) is 133 cm³/mol. The molecule has 182 valence electrons. The van der Waals surface area contributed by atoms with E-state index in [1.165, 1.54) is 11.3 Å². The maximum Gasteiger partial charge on any atom is 0.341 e. The quantitative estimate of drug-likeness (QED) is 0.490. The fraction of sp³-hybridized carbons (Fsp3) is 0.500. The van der Waals surface area contributed by atoms with Gasteiger partial charge in [-0.2, -0.15) is 0 Å². The van der Waals surface area contributed by atoms with Crippen molar-refractivity contribution in [2.24, 2.45) is 5.92 Å². The Morgan fingerprint density at radius 3 is 2.53 bits per heavy atom. The van der Waals surface area contributed by atoms with Crippen LogP contribution in [0.4, 0.5) is 5.00 Å². The summed E-state index contributed by atoms with van der Waals surface area (Å²) in [5, 5.41) is 3.90. The summed E-state index contributed by atoms with van der Waals surface area (Å²) in [4.78, 5) is 39.7. The highest BCUT2D eigenvalue weighted by atomic mass is 35.5. The molecule has 1 fully saturated rings. The van der Waals surface area contributed by atoms with E-state index in [0.717, 1.165) is 48.1 Å². The summed E-state index contributed by atoms with van der Waals surface area (Å²) in [6.07, 6.45) is 5.86. The summed E-state index contributed by atoms with van der Waals surface area (Å²) in [7, 11) is 0. The Kier molecular flexibility index (Phi) is 7.63. The topological polar surface area (TPSA) is 81.7 Å². The van der Waals surface area contributed by atoms with E-state index in [1.54, 1.807) is 19.1 Å². The molecule has 2 aliphatic rings. The molecule has 0 unspecified atom stereocenters. The van der Waals surface area contributed by atoms with E-state index in [4.69, 9.17) is 21.1 Å². The van der Waals surface area contributed by atoms with Crippen LogP contribution in [0, 0.1) is 5.92 Å². The Bertz CT molecular complexity index is 1070. The largest absolute Gasteiger partial charge is 0.462 e. The molecule has 0 bridgehead atoms. The van der Waals surface area contributed by atoms with Crippen molar-refractivity contribution in [1.29, 1.82) is 0 Å². The number of esters is 2. The zero-order valence-electron chi connectivity index (χ0n) is 19.6. The minimum Gasteiger partial charge on any atom is -0.462 e. The van der Waals surface area contributed by atoms with E-state index in [1.807, 2.05) is 12.1 Å². The number of benzene rings is 1. The van der Waals surface area contributed by atoms with Crippen LogP contribution in [-0.2, 0) is 37.3 Å². The third-order valence-corrected chi connectivity index (χ3v) is 8.24. The molecular weight excluding hydrogens is 474 g/mol. The van der Waals surface area contributed by atoms with Crippen molar-refractivity contribution in [2.75, 3.05) is 18.5 Å². The van der Waals surface area contributed by atoms with Crippen molar-refractivity contribution in [1.82, 2.24) is 0 Å². The second-order valence-electron chi connectivity index (χ2n) is 9.20.